The highest BCUT2D eigenvalue weighted by molar-refractivity contribution is 9.11. The van der Waals surface area contributed by atoms with Crippen molar-refractivity contribution in [2.24, 2.45) is 81.8 Å². The summed E-state index contributed by atoms with van der Waals surface area (Å²) in [6.45, 7) is 0. The van der Waals surface area contributed by atoms with Crippen molar-refractivity contribution in [2.45, 2.75) is 29.5 Å². The van der Waals surface area contributed by atoms with Crippen LogP contribution in [0.15, 0.2) is 0 Å². The second kappa shape index (κ2) is 5.49. The Labute approximate surface area is 242 Å². The molecule has 4 bridgehead atoms. The van der Waals surface area contributed by atoms with Crippen LogP contribution in [0.1, 0.15) is 0 Å². The van der Waals surface area contributed by atoms with Crippen LogP contribution in [0.3, 0.4) is 0 Å². The summed E-state index contributed by atoms with van der Waals surface area (Å²) < 4.78 is 21.9. The minimum atomic E-state index is -0.816. The zero-order valence-corrected chi connectivity index (χ0v) is 26.4. The van der Waals surface area contributed by atoms with Crippen LogP contribution >= 0.6 is 63.7 Å². The summed E-state index contributed by atoms with van der Waals surface area (Å²) in [7, 11) is 6.83. The van der Waals surface area contributed by atoms with Crippen LogP contribution in [0.4, 0.5) is 0 Å². The topological polar surface area (TPSA) is 71.1 Å². The monoisotopic (exact) mass is 750 g/mol. The molecule has 0 amide bonds. The molecule has 0 aromatic carbocycles. The Hall–Kier alpha value is 0.780. The molecule has 10 rings (SSSR count). The zero-order valence-electron chi connectivity index (χ0n) is 20.0. The van der Waals surface area contributed by atoms with Crippen molar-refractivity contribution in [1.82, 2.24) is 0 Å². The fraction of sp³-hybridized carbons (Fsp3) is 0.923. The van der Waals surface area contributed by atoms with Crippen molar-refractivity contribution in [3.63, 3.8) is 0 Å². The second-order valence-corrected chi connectivity index (χ2v) is 18.8. The van der Waals surface area contributed by atoms with Gasteiger partial charge in [-0.15, -0.1) is 0 Å². The average molecular weight is 754 g/mol. The van der Waals surface area contributed by atoms with Crippen LogP contribution in [0.2, 0.25) is 0 Å². The standard InChI is InChI=1S/C26H26Br4O6/c1-33-13-9-5-6-10(13)24-16-8-7-15(21(16,27)19(31)35-3)23(9,24)25(29)11(5)14(34-2)12(6)26(24,30)18(8)22(28,17(7)25)20(32)36-4/h5-18H,1-4H3. The molecule has 2 spiro atoms. The van der Waals surface area contributed by atoms with E-state index in [0.717, 1.165) is 0 Å². The van der Waals surface area contributed by atoms with E-state index < -0.39 is 8.65 Å². The summed E-state index contributed by atoms with van der Waals surface area (Å²) in [5, 5.41) is 0. The van der Waals surface area contributed by atoms with E-state index in [0.29, 0.717) is 23.7 Å². The molecule has 36 heavy (non-hydrogen) atoms. The summed E-state index contributed by atoms with van der Waals surface area (Å²) in [5.74, 6) is 2.36. The Morgan fingerprint density at radius 3 is 1.28 bits per heavy atom. The van der Waals surface area contributed by atoms with Crippen molar-refractivity contribution in [3.05, 3.63) is 0 Å². The van der Waals surface area contributed by atoms with E-state index >= 15 is 0 Å². The van der Waals surface area contributed by atoms with Crippen molar-refractivity contribution in [1.29, 1.82) is 0 Å². The SMILES string of the molecule is COC(=O)C1(Br)C2C3C4C1C1(Br)C5C(OC)C6C7C5C5C(OC)C7C7(C3C(Br)(C(=O)OC)C4C517)C62Br. The molecular weight excluding hydrogens is 728 g/mol. The Morgan fingerprint density at radius 2 is 0.917 bits per heavy atom. The molecule has 194 valence electrons. The van der Waals surface area contributed by atoms with Gasteiger partial charge < -0.3 is 18.9 Å². The van der Waals surface area contributed by atoms with Gasteiger partial charge in [0.25, 0.3) is 0 Å². The average Bonchev–Trinajstić information content (AvgIpc) is 3.67. The quantitative estimate of drug-likeness (QED) is 0.324. The van der Waals surface area contributed by atoms with E-state index in [9.17, 15) is 9.59 Å². The van der Waals surface area contributed by atoms with Gasteiger partial charge in [0.1, 0.15) is 8.65 Å². The number of fused-ring (bicyclic) bond motifs is 4. The van der Waals surface area contributed by atoms with Gasteiger partial charge in [-0.05, 0) is 47.3 Å². The molecule has 0 aromatic rings. The van der Waals surface area contributed by atoms with E-state index in [2.05, 4.69) is 63.7 Å². The largest absolute Gasteiger partial charge is 0.468 e. The van der Waals surface area contributed by atoms with Crippen LogP contribution in [-0.4, -0.2) is 69.9 Å². The van der Waals surface area contributed by atoms with E-state index in [4.69, 9.17) is 18.9 Å². The van der Waals surface area contributed by atoms with Gasteiger partial charge >= 0.3 is 11.9 Å². The van der Waals surface area contributed by atoms with Gasteiger partial charge in [0.05, 0.1) is 26.4 Å². The van der Waals surface area contributed by atoms with Crippen molar-refractivity contribution in [3.8, 4) is 0 Å². The zero-order chi connectivity index (χ0) is 25.1. The third kappa shape index (κ3) is 1.28. The lowest BCUT2D eigenvalue weighted by Crippen LogP contribution is -2.59. The molecule has 10 saturated carbocycles. The third-order valence-corrected chi connectivity index (χ3v) is 20.7. The molecule has 10 aliphatic carbocycles. The Bertz CT molecular complexity index is 1190. The second-order valence-electron chi connectivity index (χ2n) is 13.5. The number of carbonyl (C=O) groups excluding carboxylic acids is 2. The first-order chi connectivity index (χ1) is 17.1. The molecule has 0 radical (unpaired) electrons. The van der Waals surface area contributed by atoms with Crippen LogP contribution in [0.25, 0.3) is 0 Å². The molecule has 0 aromatic heterocycles. The predicted octanol–water partition coefficient (Wildman–Crippen LogP) is 3.40. The minimum absolute atomic E-state index is 0.00506. The molecule has 6 nitrogen and oxygen atoms in total. The number of esters is 2. The number of alkyl halides is 4. The van der Waals surface area contributed by atoms with Gasteiger partial charge in [-0.25, -0.2) is 0 Å². The van der Waals surface area contributed by atoms with Crippen LogP contribution in [0.5, 0.6) is 0 Å². The first-order valence-electron chi connectivity index (χ1n) is 13.1. The molecule has 16 atom stereocenters. The molecule has 10 aliphatic rings. The van der Waals surface area contributed by atoms with Gasteiger partial charge in [-0.1, -0.05) is 63.7 Å². The lowest BCUT2D eigenvalue weighted by atomic mass is 9.51. The molecule has 0 aliphatic heterocycles. The van der Waals surface area contributed by atoms with Crippen molar-refractivity contribution in [2.75, 3.05) is 28.4 Å². The Kier molecular flexibility index (Phi) is 3.43. The number of ether oxygens (including phenoxy) is 4. The molecule has 0 saturated heterocycles. The molecule has 16 unspecified atom stereocenters. The maximum absolute atomic E-state index is 14.0. The summed E-state index contributed by atoms with van der Waals surface area (Å²) >= 11 is 17.6. The fourth-order valence-electron chi connectivity index (χ4n) is 16.1. The van der Waals surface area contributed by atoms with Crippen LogP contribution < -0.4 is 0 Å². The highest BCUT2D eigenvalue weighted by Crippen LogP contribution is 3.12. The van der Waals surface area contributed by atoms with Crippen molar-refractivity contribution < 1.29 is 28.5 Å². The van der Waals surface area contributed by atoms with E-state index in [1.165, 1.54) is 14.2 Å². The number of halogens is 4. The van der Waals surface area contributed by atoms with Gasteiger partial charge in [0.15, 0.2) is 0 Å². The van der Waals surface area contributed by atoms with Gasteiger partial charge in [0, 0.05) is 57.4 Å². The molecule has 0 N–H and O–H groups in total. The number of hydrogen-bond acceptors (Lipinski definition) is 6. The van der Waals surface area contributed by atoms with Gasteiger partial charge in [-0.2, -0.15) is 0 Å². The van der Waals surface area contributed by atoms with E-state index in [1.54, 1.807) is 0 Å². The van der Waals surface area contributed by atoms with Crippen LogP contribution in [-0.2, 0) is 28.5 Å². The highest BCUT2D eigenvalue weighted by Gasteiger charge is 3.16. The first kappa shape index (κ1) is 22.5. The normalized spacial score (nSPS) is 76.9. The van der Waals surface area contributed by atoms with Gasteiger partial charge in [-0.3, -0.25) is 9.59 Å². The summed E-state index contributed by atoms with van der Waals surface area (Å²) in [6.07, 6.45) is 0.296. The maximum Gasteiger partial charge on any atom is 0.323 e. The molecule has 10 heteroatoms. The highest BCUT2D eigenvalue weighted by atomic mass is 79.9. The van der Waals surface area contributed by atoms with Crippen LogP contribution in [0, 0.1) is 81.8 Å². The number of hydrogen-bond donors (Lipinski definition) is 0. The summed E-state index contributed by atoms with van der Waals surface area (Å²) in [5.41, 5.74) is -0.398. The van der Waals surface area contributed by atoms with E-state index in [1.807, 2.05) is 14.2 Å². The Morgan fingerprint density at radius 1 is 0.556 bits per heavy atom. The molecule has 10 fully saturated rings. The lowest BCUT2D eigenvalue weighted by Gasteiger charge is -2.54. The summed E-state index contributed by atoms with van der Waals surface area (Å²) in [6, 6.07) is 0. The number of methoxy groups -OCH3 is 4. The fourth-order valence-corrected chi connectivity index (χ4v) is 23.8. The third-order valence-electron chi connectivity index (χ3n) is 14.7. The molecule has 0 heterocycles. The predicted molar refractivity (Wildman–Crippen MR) is 139 cm³/mol. The first-order valence-corrected chi connectivity index (χ1v) is 16.2. The van der Waals surface area contributed by atoms with E-state index in [-0.39, 0.29) is 91.0 Å². The smallest absolute Gasteiger partial charge is 0.323 e. The maximum atomic E-state index is 14.0. The molecular formula is C26H26Br4O6. The number of rotatable bonds is 4. The summed E-state index contributed by atoms with van der Waals surface area (Å²) in [4.78, 5) is 27.9. The number of carbonyl (C=O) groups is 2. The van der Waals surface area contributed by atoms with Gasteiger partial charge in [0.2, 0.25) is 0 Å². The minimum Gasteiger partial charge on any atom is -0.468 e. The van der Waals surface area contributed by atoms with Crippen molar-refractivity contribution >= 4 is 75.7 Å². The lowest BCUT2D eigenvalue weighted by molar-refractivity contribution is -0.147. The Balaban J connectivity index is 1.43.